The first kappa shape index (κ1) is 17.5. The van der Waals surface area contributed by atoms with Gasteiger partial charge in [-0.15, -0.1) is 0 Å². The molecule has 7 heteroatoms. The van der Waals surface area contributed by atoms with Crippen LogP contribution in [0.2, 0.25) is 0 Å². The summed E-state index contributed by atoms with van der Waals surface area (Å²) in [6.07, 6.45) is 0.606. The van der Waals surface area contributed by atoms with Crippen molar-refractivity contribution in [1.29, 1.82) is 0 Å². The Bertz CT molecular complexity index is 618. The number of aliphatic hydroxyl groups excluding tert-OH is 1. The zero-order valence-corrected chi connectivity index (χ0v) is 14.4. The maximum absolute atomic E-state index is 12.5. The smallest absolute Gasteiger partial charge is 0.336 e. The van der Waals surface area contributed by atoms with Crippen molar-refractivity contribution in [3.8, 4) is 0 Å². The van der Waals surface area contributed by atoms with Crippen LogP contribution in [0.15, 0.2) is 40.9 Å². The van der Waals surface area contributed by atoms with Gasteiger partial charge in [0.1, 0.15) is 0 Å². The van der Waals surface area contributed by atoms with Crippen LogP contribution in [0.5, 0.6) is 0 Å². The summed E-state index contributed by atoms with van der Waals surface area (Å²) in [6, 6.07) is 8.98. The van der Waals surface area contributed by atoms with Crippen LogP contribution in [0.3, 0.4) is 0 Å². The Morgan fingerprint density at radius 3 is 2.48 bits per heavy atom. The van der Waals surface area contributed by atoms with E-state index in [0.717, 1.165) is 0 Å². The first-order valence-electron chi connectivity index (χ1n) is 7.00. The Balaban J connectivity index is 2.55. The van der Waals surface area contributed by atoms with Gasteiger partial charge in [0.05, 0.1) is 26.2 Å². The number of carbonyl (C=O) groups excluding carboxylic acids is 2. The Kier molecular flexibility index (Phi) is 5.43. The lowest BCUT2D eigenvalue weighted by atomic mass is 9.75. The minimum absolute atomic E-state index is 0.0265. The number of benzene rings is 1. The normalized spacial score (nSPS) is 26.9. The zero-order valence-electron chi connectivity index (χ0n) is 12.8. The van der Waals surface area contributed by atoms with E-state index in [2.05, 4.69) is 21.2 Å². The van der Waals surface area contributed by atoms with Gasteiger partial charge in [0.2, 0.25) is 0 Å². The van der Waals surface area contributed by atoms with Gasteiger partial charge in [-0.05, 0) is 24.6 Å². The Hall–Kier alpha value is -1.86. The highest BCUT2D eigenvalue weighted by molar-refractivity contribution is 9.11. The quantitative estimate of drug-likeness (QED) is 0.771. The van der Waals surface area contributed by atoms with Crippen LogP contribution in [0.1, 0.15) is 6.42 Å². The Labute approximate surface area is 142 Å². The van der Waals surface area contributed by atoms with Crippen LogP contribution in [0.25, 0.3) is 0 Å². The summed E-state index contributed by atoms with van der Waals surface area (Å²) in [5, 5.41) is 13.1. The number of hydrogen-bond acceptors (Lipinski definition) is 6. The molecule has 1 aliphatic rings. The molecule has 1 aliphatic carbocycles. The lowest BCUT2D eigenvalue weighted by Crippen LogP contribution is -2.57. The summed E-state index contributed by atoms with van der Waals surface area (Å²) in [5.41, 5.74) is -0.832. The van der Waals surface area contributed by atoms with Crippen molar-refractivity contribution in [3.63, 3.8) is 0 Å². The van der Waals surface area contributed by atoms with E-state index in [1.165, 1.54) is 20.3 Å². The standard InChI is InChI=1S/C16H18BrNO5/c1-22-14(20)11-8-13(19)12(17)9-16(11,15(21)23-2)18-10-6-4-3-5-7-10/h3-7,9,11,13,18-19H,8H2,1-2H3/t11-,13-,16+/m0/s1. The van der Waals surface area contributed by atoms with Crippen molar-refractivity contribution in [2.24, 2.45) is 5.92 Å². The number of rotatable bonds is 4. The zero-order chi connectivity index (χ0) is 17.0. The highest BCUT2D eigenvalue weighted by Gasteiger charge is 2.53. The van der Waals surface area contributed by atoms with Crippen LogP contribution in [0.4, 0.5) is 5.69 Å². The molecule has 0 fully saturated rings. The average molecular weight is 384 g/mol. The topological polar surface area (TPSA) is 84.9 Å². The minimum Gasteiger partial charge on any atom is -0.469 e. The molecule has 0 radical (unpaired) electrons. The van der Waals surface area contributed by atoms with Crippen LogP contribution in [-0.2, 0) is 19.1 Å². The molecule has 6 nitrogen and oxygen atoms in total. The van der Waals surface area contributed by atoms with E-state index in [1.807, 2.05) is 6.07 Å². The summed E-state index contributed by atoms with van der Waals surface area (Å²) in [4.78, 5) is 24.8. The molecule has 2 rings (SSSR count). The summed E-state index contributed by atoms with van der Waals surface area (Å²) in [7, 11) is 2.49. The van der Waals surface area contributed by atoms with Gasteiger partial charge in [0.15, 0.2) is 5.54 Å². The van der Waals surface area contributed by atoms with Gasteiger partial charge in [-0.1, -0.05) is 34.1 Å². The third-order valence-electron chi connectivity index (χ3n) is 3.83. The molecule has 0 spiro atoms. The highest BCUT2D eigenvalue weighted by Crippen LogP contribution is 2.39. The molecule has 124 valence electrons. The van der Waals surface area contributed by atoms with Gasteiger partial charge < -0.3 is 19.9 Å². The maximum Gasteiger partial charge on any atom is 0.336 e. The number of esters is 2. The Morgan fingerprint density at radius 1 is 1.26 bits per heavy atom. The minimum atomic E-state index is -1.47. The fourth-order valence-electron chi connectivity index (χ4n) is 2.67. The van der Waals surface area contributed by atoms with Crippen LogP contribution in [0, 0.1) is 5.92 Å². The summed E-state index contributed by atoms with van der Waals surface area (Å²) in [6.45, 7) is 0. The molecule has 0 unspecified atom stereocenters. The van der Waals surface area contributed by atoms with Gasteiger partial charge in [-0.3, -0.25) is 4.79 Å². The van der Waals surface area contributed by atoms with E-state index >= 15 is 0 Å². The second-order valence-corrected chi connectivity index (χ2v) is 6.12. The van der Waals surface area contributed by atoms with E-state index in [4.69, 9.17) is 9.47 Å². The average Bonchev–Trinajstić information content (AvgIpc) is 2.57. The van der Waals surface area contributed by atoms with Gasteiger partial charge >= 0.3 is 11.9 Å². The number of halogens is 1. The maximum atomic E-state index is 12.5. The van der Waals surface area contributed by atoms with Gasteiger partial charge in [-0.2, -0.15) is 0 Å². The SMILES string of the molecule is COC(=O)[C@@H]1C[C@H](O)C(Br)=C[C@]1(Nc1ccccc1)C(=O)OC. The molecule has 0 saturated heterocycles. The van der Waals surface area contributed by atoms with E-state index in [9.17, 15) is 14.7 Å². The molecule has 0 saturated carbocycles. The van der Waals surface area contributed by atoms with E-state index in [0.29, 0.717) is 10.2 Å². The largest absolute Gasteiger partial charge is 0.469 e. The van der Waals surface area contributed by atoms with Gasteiger partial charge in [-0.25, -0.2) is 4.79 Å². The predicted molar refractivity (Wildman–Crippen MR) is 88.0 cm³/mol. The molecule has 23 heavy (non-hydrogen) atoms. The fourth-order valence-corrected chi connectivity index (χ4v) is 3.21. The molecule has 0 aromatic heterocycles. The first-order valence-corrected chi connectivity index (χ1v) is 7.79. The molecule has 3 atom stereocenters. The molecule has 0 heterocycles. The Morgan fingerprint density at radius 2 is 1.91 bits per heavy atom. The highest BCUT2D eigenvalue weighted by atomic mass is 79.9. The second kappa shape index (κ2) is 7.14. The number of nitrogens with one attached hydrogen (secondary N) is 1. The van der Waals surface area contributed by atoms with Crippen LogP contribution >= 0.6 is 15.9 Å². The van der Waals surface area contributed by atoms with Crippen molar-refractivity contribution in [2.75, 3.05) is 19.5 Å². The molecule has 0 bridgehead atoms. The number of aliphatic hydroxyl groups is 1. The van der Waals surface area contributed by atoms with Crippen LogP contribution in [-0.4, -0.2) is 42.9 Å². The number of methoxy groups -OCH3 is 2. The summed E-state index contributed by atoms with van der Waals surface area (Å²) >= 11 is 3.25. The number of para-hydroxylation sites is 1. The van der Waals surface area contributed by atoms with E-state index in [1.54, 1.807) is 24.3 Å². The number of hydrogen-bond donors (Lipinski definition) is 2. The molecular formula is C16H18BrNO5. The molecule has 0 amide bonds. The summed E-state index contributed by atoms with van der Waals surface area (Å²) < 4.78 is 10.1. The fraction of sp³-hybridized carbons (Fsp3) is 0.375. The molecular weight excluding hydrogens is 366 g/mol. The number of ether oxygens (including phenoxy) is 2. The lowest BCUT2D eigenvalue weighted by Gasteiger charge is -2.40. The summed E-state index contributed by atoms with van der Waals surface area (Å²) in [5.74, 6) is -2.17. The van der Waals surface area contributed by atoms with Crippen LogP contribution < -0.4 is 5.32 Å². The van der Waals surface area contributed by atoms with Crippen molar-refractivity contribution in [2.45, 2.75) is 18.1 Å². The van der Waals surface area contributed by atoms with Crippen molar-refractivity contribution in [3.05, 3.63) is 40.9 Å². The van der Waals surface area contributed by atoms with Crippen molar-refractivity contribution >= 4 is 33.6 Å². The molecule has 1 aromatic rings. The number of anilines is 1. The molecule has 1 aromatic carbocycles. The molecule has 0 aliphatic heterocycles. The third-order valence-corrected chi connectivity index (χ3v) is 4.58. The van der Waals surface area contributed by atoms with E-state index in [-0.39, 0.29) is 6.42 Å². The molecule has 2 N–H and O–H groups in total. The van der Waals surface area contributed by atoms with E-state index < -0.39 is 29.5 Å². The second-order valence-electron chi connectivity index (χ2n) is 5.21. The monoisotopic (exact) mass is 383 g/mol. The van der Waals surface area contributed by atoms with Gasteiger partial charge in [0, 0.05) is 10.2 Å². The van der Waals surface area contributed by atoms with Gasteiger partial charge in [0.25, 0.3) is 0 Å². The third kappa shape index (κ3) is 3.40. The van der Waals surface area contributed by atoms with Crippen molar-refractivity contribution < 1.29 is 24.2 Å². The first-order chi connectivity index (χ1) is 10.9. The number of carbonyl (C=O) groups is 2. The predicted octanol–water partition coefficient (Wildman–Crippen LogP) is 1.84. The lowest BCUT2D eigenvalue weighted by molar-refractivity contribution is -0.157. The van der Waals surface area contributed by atoms with Crippen molar-refractivity contribution in [1.82, 2.24) is 0 Å².